The second kappa shape index (κ2) is 5.55. The molecule has 0 aliphatic carbocycles. The summed E-state index contributed by atoms with van der Waals surface area (Å²) in [5.41, 5.74) is 3.11. The Balaban J connectivity index is 2.03. The van der Waals surface area contributed by atoms with E-state index >= 15 is 0 Å². The molecule has 0 atom stereocenters. The highest BCUT2D eigenvalue weighted by Crippen LogP contribution is 2.15. The van der Waals surface area contributed by atoms with Crippen molar-refractivity contribution in [2.24, 2.45) is 0 Å². The monoisotopic (exact) mass is 264 g/mol. The molecule has 0 saturated carbocycles. The van der Waals surface area contributed by atoms with Gasteiger partial charge in [-0.2, -0.15) is 0 Å². The van der Waals surface area contributed by atoms with E-state index in [0.717, 1.165) is 24.2 Å². The number of nitrogens with one attached hydrogen (secondary N) is 1. The maximum absolute atomic E-state index is 12.2. The molecule has 0 spiro atoms. The van der Waals surface area contributed by atoms with Gasteiger partial charge in [-0.05, 0) is 30.2 Å². The molecule has 0 bridgehead atoms. The van der Waals surface area contributed by atoms with Crippen molar-refractivity contribution in [1.82, 2.24) is 10.2 Å². The van der Waals surface area contributed by atoms with Crippen LogP contribution in [0.1, 0.15) is 12.5 Å². The maximum atomic E-state index is 12.2. The number of benzene rings is 1. The number of hydrogen-bond acceptors (Lipinski definition) is 2. The summed E-state index contributed by atoms with van der Waals surface area (Å²) in [7, 11) is 1.82. The summed E-state index contributed by atoms with van der Waals surface area (Å²) in [5, 5.41) is 3.85. The molecule has 0 aromatic heterocycles. The van der Waals surface area contributed by atoms with Crippen molar-refractivity contribution >= 4 is 17.5 Å². The number of halogens is 1. The molecule has 0 radical (unpaired) electrons. The molecule has 4 heteroatoms. The first-order valence-electron chi connectivity index (χ1n) is 5.97. The molecule has 1 saturated heterocycles. The normalized spacial score (nSPS) is 14.1. The lowest BCUT2D eigenvalue weighted by Crippen LogP contribution is -2.38. The summed E-state index contributed by atoms with van der Waals surface area (Å²) in [6.07, 6.45) is 0. The molecule has 1 aromatic rings. The van der Waals surface area contributed by atoms with E-state index in [9.17, 15) is 4.79 Å². The minimum absolute atomic E-state index is 0.0893. The van der Waals surface area contributed by atoms with Crippen LogP contribution in [-0.2, 0) is 11.3 Å². The first-order valence-corrected chi connectivity index (χ1v) is 6.35. The third-order valence-electron chi connectivity index (χ3n) is 3.18. The van der Waals surface area contributed by atoms with E-state index in [-0.39, 0.29) is 5.91 Å². The van der Waals surface area contributed by atoms with Gasteiger partial charge in [0.2, 0.25) is 5.91 Å². The molecule has 2 rings (SSSR count). The van der Waals surface area contributed by atoms with Crippen molar-refractivity contribution in [3.8, 4) is 0 Å². The predicted octanol–water partition coefficient (Wildman–Crippen LogP) is 2.22. The lowest BCUT2D eigenvalue weighted by Gasteiger charge is -2.24. The van der Waals surface area contributed by atoms with Gasteiger partial charge >= 0.3 is 0 Å². The van der Waals surface area contributed by atoms with Gasteiger partial charge in [-0.3, -0.25) is 4.79 Å². The number of carbonyl (C=O) groups is 1. The number of hydrogen-bond donors (Lipinski definition) is 1. The highest BCUT2D eigenvalue weighted by Gasteiger charge is 2.18. The Morgan fingerprint density at radius 3 is 2.72 bits per heavy atom. The zero-order chi connectivity index (χ0) is 13.1. The van der Waals surface area contributed by atoms with Crippen LogP contribution in [0.5, 0.6) is 0 Å². The van der Waals surface area contributed by atoms with Gasteiger partial charge in [0, 0.05) is 37.3 Å². The molecule has 1 heterocycles. The molecule has 3 nitrogen and oxygen atoms in total. The maximum Gasteiger partial charge on any atom is 0.249 e. The fourth-order valence-electron chi connectivity index (χ4n) is 1.93. The van der Waals surface area contributed by atoms with Crippen molar-refractivity contribution in [1.29, 1.82) is 0 Å². The van der Waals surface area contributed by atoms with Gasteiger partial charge in [-0.25, -0.2) is 0 Å². The third kappa shape index (κ3) is 2.92. The molecular formula is C14H17ClN2O. The average molecular weight is 265 g/mol. The van der Waals surface area contributed by atoms with E-state index in [1.807, 2.05) is 38.2 Å². The van der Waals surface area contributed by atoms with Gasteiger partial charge in [0.1, 0.15) is 0 Å². The van der Waals surface area contributed by atoms with E-state index in [0.29, 0.717) is 11.6 Å². The minimum Gasteiger partial charge on any atom is -0.338 e. The molecular weight excluding hydrogens is 248 g/mol. The number of likely N-dealkylation sites (N-methyl/N-ethyl adjacent to an activating group) is 1. The van der Waals surface area contributed by atoms with Gasteiger partial charge in [0.15, 0.2) is 0 Å². The number of nitrogens with zero attached hydrogens (tertiary/aromatic N) is 1. The van der Waals surface area contributed by atoms with E-state index < -0.39 is 0 Å². The summed E-state index contributed by atoms with van der Waals surface area (Å²) in [4.78, 5) is 13.9. The quantitative estimate of drug-likeness (QED) is 0.849. The van der Waals surface area contributed by atoms with Crippen LogP contribution in [0, 0.1) is 0 Å². The predicted molar refractivity (Wildman–Crippen MR) is 73.5 cm³/mol. The van der Waals surface area contributed by atoms with E-state index in [4.69, 9.17) is 11.6 Å². The SMILES string of the molecule is CC(C(=O)N(C)Cc1cccc(Cl)c1)=C1CNC1. The fourth-order valence-corrected chi connectivity index (χ4v) is 2.15. The number of amides is 1. The van der Waals surface area contributed by atoms with Gasteiger partial charge < -0.3 is 10.2 Å². The van der Waals surface area contributed by atoms with Crippen LogP contribution in [0.2, 0.25) is 5.02 Å². The van der Waals surface area contributed by atoms with E-state index in [1.165, 1.54) is 5.57 Å². The Kier molecular flexibility index (Phi) is 4.04. The van der Waals surface area contributed by atoms with Gasteiger partial charge in [0.05, 0.1) is 0 Å². The Labute approximate surface area is 112 Å². The second-order valence-corrected chi connectivity index (χ2v) is 5.06. The molecule has 1 N–H and O–H groups in total. The highest BCUT2D eigenvalue weighted by atomic mass is 35.5. The Hall–Kier alpha value is -1.32. The Bertz CT molecular complexity index is 490. The van der Waals surface area contributed by atoms with Crippen LogP contribution in [-0.4, -0.2) is 30.9 Å². The summed E-state index contributed by atoms with van der Waals surface area (Å²) in [5.74, 6) is 0.0893. The molecule has 96 valence electrons. The van der Waals surface area contributed by atoms with Gasteiger partial charge in [-0.15, -0.1) is 0 Å². The zero-order valence-corrected chi connectivity index (χ0v) is 11.4. The summed E-state index contributed by atoms with van der Waals surface area (Å²) < 4.78 is 0. The van der Waals surface area contributed by atoms with Crippen molar-refractivity contribution in [3.05, 3.63) is 46.0 Å². The fraction of sp³-hybridized carbons (Fsp3) is 0.357. The lowest BCUT2D eigenvalue weighted by molar-refractivity contribution is -0.126. The van der Waals surface area contributed by atoms with Crippen LogP contribution in [0.15, 0.2) is 35.4 Å². The summed E-state index contributed by atoms with van der Waals surface area (Å²) in [6, 6.07) is 7.60. The molecule has 1 aliphatic rings. The first-order chi connectivity index (χ1) is 8.58. The standard InChI is InChI=1S/C14H17ClN2O/c1-10(12-7-16-8-12)14(18)17(2)9-11-4-3-5-13(15)6-11/h3-6,16H,7-9H2,1-2H3. The van der Waals surface area contributed by atoms with E-state index in [1.54, 1.807) is 4.90 Å². The van der Waals surface area contributed by atoms with Gasteiger partial charge in [-0.1, -0.05) is 23.7 Å². The lowest BCUT2D eigenvalue weighted by atomic mass is 10.0. The summed E-state index contributed by atoms with van der Waals surface area (Å²) in [6.45, 7) is 4.15. The van der Waals surface area contributed by atoms with Crippen molar-refractivity contribution in [3.63, 3.8) is 0 Å². The third-order valence-corrected chi connectivity index (χ3v) is 3.42. The van der Waals surface area contributed by atoms with E-state index in [2.05, 4.69) is 5.32 Å². The van der Waals surface area contributed by atoms with Crippen LogP contribution >= 0.6 is 11.6 Å². The molecule has 0 unspecified atom stereocenters. The van der Waals surface area contributed by atoms with Crippen LogP contribution in [0.25, 0.3) is 0 Å². The molecule has 1 aromatic carbocycles. The number of carbonyl (C=O) groups excluding carboxylic acids is 1. The highest BCUT2D eigenvalue weighted by molar-refractivity contribution is 6.30. The van der Waals surface area contributed by atoms with Crippen molar-refractivity contribution in [2.75, 3.05) is 20.1 Å². The summed E-state index contributed by atoms with van der Waals surface area (Å²) >= 11 is 5.93. The van der Waals surface area contributed by atoms with Crippen molar-refractivity contribution < 1.29 is 4.79 Å². The van der Waals surface area contributed by atoms with Crippen LogP contribution in [0.3, 0.4) is 0 Å². The molecule has 1 aliphatic heterocycles. The first kappa shape index (κ1) is 13.1. The largest absolute Gasteiger partial charge is 0.338 e. The Morgan fingerprint density at radius 2 is 2.17 bits per heavy atom. The topological polar surface area (TPSA) is 32.3 Å². The van der Waals surface area contributed by atoms with Crippen LogP contribution < -0.4 is 5.32 Å². The molecule has 18 heavy (non-hydrogen) atoms. The smallest absolute Gasteiger partial charge is 0.249 e. The average Bonchev–Trinajstić information content (AvgIpc) is 2.25. The number of rotatable bonds is 3. The second-order valence-electron chi connectivity index (χ2n) is 4.62. The minimum atomic E-state index is 0.0893. The molecule has 1 fully saturated rings. The van der Waals surface area contributed by atoms with Crippen molar-refractivity contribution in [2.45, 2.75) is 13.5 Å². The Morgan fingerprint density at radius 1 is 1.44 bits per heavy atom. The van der Waals surface area contributed by atoms with Crippen LogP contribution in [0.4, 0.5) is 0 Å². The van der Waals surface area contributed by atoms with Gasteiger partial charge in [0.25, 0.3) is 0 Å². The molecule has 1 amide bonds. The zero-order valence-electron chi connectivity index (χ0n) is 10.7.